The van der Waals surface area contributed by atoms with Crippen LogP contribution in [0.25, 0.3) is 0 Å². The Labute approximate surface area is 444 Å². The third-order valence-electron chi connectivity index (χ3n) is 12.5. The molecule has 0 aromatic heterocycles. The van der Waals surface area contributed by atoms with Crippen LogP contribution in [0.3, 0.4) is 0 Å². The smallest absolute Gasteiger partial charge is 0.306 e. The minimum atomic E-state index is -0.799. The average molecular weight is 1000 g/mol. The Hall–Kier alpha value is -3.93. The molecule has 6 nitrogen and oxygen atoms in total. The summed E-state index contributed by atoms with van der Waals surface area (Å²) in [5.41, 5.74) is 0. The summed E-state index contributed by atoms with van der Waals surface area (Å²) >= 11 is 0. The quantitative estimate of drug-likeness (QED) is 0.0261. The van der Waals surface area contributed by atoms with Gasteiger partial charge in [0.1, 0.15) is 13.2 Å². The fourth-order valence-electron chi connectivity index (χ4n) is 8.00. The maximum absolute atomic E-state index is 12.9. The van der Waals surface area contributed by atoms with Gasteiger partial charge in [-0.25, -0.2) is 0 Å². The molecule has 410 valence electrons. The lowest BCUT2D eigenvalue weighted by Crippen LogP contribution is -2.30. The Bertz CT molecular complexity index is 1470. The van der Waals surface area contributed by atoms with Gasteiger partial charge in [0.2, 0.25) is 0 Å². The van der Waals surface area contributed by atoms with Crippen molar-refractivity contribution < 1.29 is 28.6 Å². The first-order chi connectivity index (χ1) is 35.5. The SMILES string of the molecule is CC/C=C\C/C=C\C/C=C\C/C=C\C/C=C\CCCCCCCC(=O)OCC(COC(=O)CCCCCCC/C=C\C/C=C\CCCCCC)OC(=O)CCCCCCCCC/C=C\C/C=C\CCCCC. The average Bonchev–Trinajstić information content (AvgIpc) is 3.38. The predicted molar refractivity (Wildman–Crippen MR) is 311 cm³/mol. The van der Waals surface area contributed by atoms with Crippen LogP contribution in [-0.4, -0.2) is 37.2 Å². The minimum absolute atomic E-state index is 0.0962. The zero-order valence-corrected chi connectivity index (χ0v) is 46.9. The van der Waals surface area contributed by atoms with Gasteiger partial charge in [0.15, 0.2) is 6.10 Å². The highest BCUT2D eigenvalue weighted by Gasteiger charge is 2.19. The van der Waals surface area contributed by atoms with Gasteiger partial charge in [-0.2, -0.15) is 0 Å². The van der Waals surface area contributed by atoms with Crippen molar-refractivity contribution in [3.63, 3.8) is 0 Å². The highest BCUT2D eigenvalue weighted by atomic mass is 16.6. The van der Waals surface area contributed by atoms with Crippen LogP contribution in [0.2, 0.25) is 0 Å². The van der Waals surface area contributed by atoms with Crippen molar-refractivity contribution in [3.8, 4) is 0 Å². The van der Waals surface area contributed by atoms with Gasteiger partial charge in [-0.3, -0.25) is 14.4 Å². The number of carbonyl (C=O) groups excluding carboxylic acids is 3. The van der Waals surface area contributed by atoms with Crippen LogP contribution < -0.4 is 0 Å². The van der Waals surface area contributed by atoms with Crippen LogP contribution in [0.4, 0.5) is 0 Å². The van der Waals surface area contributed by atoms with Crippen molar-refractivity contribution in [3.05, 3.63) is 109 Å². The molecule has 0 radical (unpaired) electrons. The second-order valence-corrected chi connectivity index (χ2v) is 19.5. The Kier molecular flexibility index (Phi) is 56.4. The number of unbranched alkanes of at least 4 members (excludes halogenated alkanes) is 24. The van der Waals surface area contributed by atoms with Gasteiger partial charge >= 0.3 is 17.9 Å². The summed E-state index contributed by atoms with van der Waals surface area (Å²) in [5, 5.41) is 0. The molecule has 0 bridgehead atoms. The predicted octanol–water partition coefficient (Wildman–Crippen LogP) is 20.3. The second kappa shape index (κ2) is 59.6. The third-order valence-corrected chi connectivity index (χ3v) is 12.5. The topological polar surface area (TPSA) is 78.9 Å². The summed E-state index contributed by atoms with van der Waals surface area (Å²) in [5.74, 6) is -0.933. The molecule has 0 aliphatic rings. The normalized spacial score (nSPS) is 12.9. The van der Waals surface area contributed by atoms with Crippen molar-refractivity contribution in [1.82, 2.24) is 0 Å². The van der Waals surface area contributed by atoms with E-state index in [4.69, 9.17) is 14.2 Å². The van der Waals surface area contributed by atoms with E-state index in [-0.39, 0.29) is 31.1 Å². The standard InChI is InChI=1S/C66H110O6/c1-4-7-10-13-16-19-22-25-28-31-32-33-34-36-38-41-44-47-50-53-56-59-65(68)71-62-63(61-70-64(67)58-55-52-49-46-43-40-37-30-27-24-21-18-15-12-9-6-3)72-66(69)60-57-54-51-48-45-42-39-35-29-26-23-20-17-14-11-8-5-2/h7,10,16-17,19-21,24-26,28-30,32-33,36-38,63H,4-6,8-9,11-15,18,22-23,27,31,34-35,39-62H2,1-3H3/b10-7-,19-16-,20-17-,24-21-,28-25-,29-26-,33-32-,37-30-,38-36-. The first-order valence-corrected chi connectivity index (χ1v) is 29.9. The molecule has 0 heterocycles. The molecule has 0 amide bonds. The van der Waals surface area contributed by atoms with Crippen LogP contribution in [-0.2, 0) is 28.6 Å². The highest BCUT2D eigenvalue weighted by Crippen LogP contribution is 2.14. The summed E-state index contributed by atoms with van der Waals surface area (Å²) in [7, 11) is 0. The van der Waals surface area contributed by atoms with Crippen molar-refractivity contribution >= 4 is 17.9 Å². The van der Waals surface area contributed by atoms with E-state index >= 15 is 0 Å². The molecule has 72 heavy (non-hydrogen) atoms. The number of ether oxygens (including phenoxy) is 3. The van der Waals surface area contributed by atoms with E-state index in [1.165, 1.54) is 83.5 Å². The molecule has 1 atom stereocenters. The molecule has 0 fully saturated rings. The summed E-state index contributed by atoms with van der Waals surface area (Å²) in [6.45, 7) is 6.46. The molecule has 0 aromatic carbocycles. The molecular weight excluding hydrogens is 889 g/mol. The van der Waals surface area contributed by atoms with Crippen LogP contribution >= 0.6 is 0 Å². The Morgan fingerprint density at radius 1 is 0.292 bits per heavy atom. The molecule has 0 saturated carbocycles. The Morgan fingerprint density at radius 3 is 0.875 bits per heavy atom. The lowest BCUT2D eigenvalue weighted by Gasteiger charge is -2.18. The molecule has 0 spiro atoms. The number of allylic oxidation sites excluding steroid dienone is 18. The van der Waals surface area contributed by atoms with E-state index < -0.39 is 6.10 Å². The highest BCUT2D eigenvalue weighted by molar-refractivity contribution is 5.71. The fraction of sp³-hybridized carbons (Fsp3) is 0.682. The maximum Gasteiger partial charge on any atom is 0.306 e. The van der Waals surface area contributed by atoms with Crippen molar-refractivity contribution in [2.45, 2.75) is 277 Å². The van der Waals surface area contributed by atoms with Crippen molar-refractivity contribution in [2.24, 2.45) is 0 Å². The zero-order chi connectivity index (χ0) is 52.2. The summed E-state index contributed by atoms with van der Waals surface area (Å²) in [6.07, 6.45) is 80.7. The van der Waals surface area contributed by atoms with Crippen molar-refractivity contribution in [2.75, 3.05) is 13.2 Å². The van der Waals surface area contributed by atoms with E-state index in [1.54, 1.807) is 0 Å². The first kappa shape index (κ1) is 68.1. The first-order valence-electron chi connectivity index (χ1n) is 29.9. The van der Waals surface area contributed by atoms with Gasteiger partial charge in [-0.1, -0.05) is 233 Å². The molecule has 0 aromatic rings. The molecule has 6 heteroatoms. The number of carbonyl (C=O) groups is 3. The molecule has 0 N–H and O–H groups in total. The summed E-state index contributed by atoms with van der Waals surface area (Å²) in [6, 6.07) is 0. The van der Waals surface area contributed by atoms with Gasteiger partial charge in [-0.05, 0) is 128 Å². The van der Waals surface area contributed by atoms with E-state index in [0.29, 0.717) is 19.3 Å². The van der Waals surface area contributed by atoms with Crippen molar-refractivity contribution in [1.29, 1.82) is 0 Å². The lowest BCUT2D eigenvalue weighted by atomic mass is 10.1. The summed E-state index contributed by atoms with van der Waals surface area (Å²) in [4.78, 5) is 38.2. The van der Waals surface area contributed by atoms with Crippen LogP contribution in [0, 0.1) is 0 Å². The van der Waals surface area contributed by atoms with E-state index in [0.717, 1.165) is 148 Å². The number of rotatable bonds is 53. The zero-order valence-electron chi connectivity index (χ0n) is 46.9. The van der Waals surface area contributed by atoms with Crippen LogP contribution in [0.15, 0.2) is 109 Å². The lowest BCUT2D eigenvalue weighted by molar-refractivity contribution is -0.167. The number of hydrogen-bond donors (Lipinski definition) is 0. The molecule has 0 aliphatic heterocycles. The second-order valence-electron chi connectivity index (χ2n) is 19.5. The van der Waals surface area contributed by atoms with E-state index in [9.17, 15) is 14.4 Å². The number of esters is 3. The fourth-order valence-corrected chi connectivity index (χ4v) is 8.00. The molecule has 0 aliphatic carbocycles. The van der Waals surface area contributed by atoms with Crippen LogP contribution in [0.5, 0.6) is 0 Å². The van der Waals surface area contributed by atoms with Gasteiger partial charge < -0.3 is 14.2 Å². The van der Waals surface area contributed by atoms with Crippen LogP contribution in [0.1, 0.15) is 271 Å². The van der Waals surface area contributed by atoms with E-state index in [2.05, 4.69) is 130 Å². The van der Waals surface area contributed by atoms with Gasteiger partial charge in [0, 0.05) is 19.3 Å². The third kappa shape index (κ3) is 57.0. The van der Waals surface area contributed by atoms with Gasteiger partial charge in [0.05, 0.1) is 0 Å². The van der Waals surface area contributed by atoms with E-state index in [1.807, 2.05) is 0 Å². The molecule has 0 rings (SSSR count). The Balaban J connectivity index is 4.47. The maximum atomic E-state index is 12.9. The molecule has 1 unspecified atom stereocenters. The largest absolute Gasteiger partial charge is 0.462 e. The molecular formula is C66H110O6. The molecule has 0 saturated heterocycles. The monoisotopic (exact) mass is 999 g/mol. The Morgan fingerprint density at radius 2 is 0.542 bits per heavy atom. The summed E-state index contributed by atoms with van der Waals surface area (Å²) < 4.78 is 16.9. The number of hydrogen-bond acceptors (Lipinski definition) is 6. The van der Waals surface area contributed by atoms with Gasteiger partial charge in [-0.15, -0.1) is 0 Å². The minimum Gasteiger partial charge on any atom is -0.462 e. The van der Waals surface area contributed by atoms with Gasteiger partial charge in [0.25, 0.3) is 0 Å².